The number of nitrogens with one attached hydrogen (secondary N) is 2. The van der Waals surface area contributed by atoms with Crippen LogP contribution in [-0.4, -0.2) is 68.1 Å². The highest BCUT2D eigenvalue weighted by molar-refractivity contribution is 5.97. The minimum absolute atomic E-state index is 0.0685. The second-order valence-electron chi connectivity index (χ2n) is 7.38. The Balaban J connectivity index is 1.72. The fourth-order valence-electron chi connectivity index (χ4n) is 3.53. The maximum atomic E-state index is 12.8. The molecule has 1 atom stereocenters. The fraction of sp³-hybridized carbons (Fsp3) is 0.571. The molecular formula is C21H29N3O5. The highest BCUT2D eigenvalue weighted by Gasteiger charge is 2.28. The third-order valence-corrected chi connectivity index (χ3v) is 5.08. The van der Waals surface area contributed by atoms with Crippen molar-refractivity contribution in [3.8, 4) is 5.75 Å². The average molecular weight is 403 g/mol. The Morgan fingerprint density at radius 1 is 1.10 bits per heavy atom. The molecule has 2 aliphatic rings. The molecule has 2 heterocycles. The lowest BCUT2D eigenvalue weighted by molar-refractivity contribution is -0.141. The van der Waals surface area contributed by atoms with E-state index in [2.05, 4.69) is 10.6 Å². The van der Waals surface area contributed by atoms with Crippen LogP contribution in [0.4, 0.5) is 0 Å². The molecule has 3 rings (SSSR count). The Hall–Kier alpha value is -2.61. The number of fused-ring (bicyclic) bond motifs is 1. The molecule has 0 aromatic heterocycles. The molecule has 3 amide bonds. The van der Waals surface area contributed by atoms with Crippen molar-refractivity contribution >= 4 is 17.7 Å². The quantitative estimate of drug-likeness (QED) is 0.730. The average Bonchev–Trinajstić information content (AvgIpc) is 3.24. The first-order valence-corrected chi connectivity index (χ1v) is 10.2. The van der Waals surface area contributed by atoms with E-state index in [4.69, 9.17) is 9.47 Å². The fourth-order valence-corrected chi connectivity index (χ4v) is 3.53. The van der Waals surface area contributed by atoms with Gasteiger partial charge < -0.3 is 25.0 Å². The van der Waals surface area contributed by atoms with Gasteiger partial charge in [0.1, 0.15) is 18.5 Å². The van der Waals surface area contributed by atoms with Crippen LogP contribution in [0.25, 0.3) is 0 Å². The molecule has 0 radical (unpaired) electrons. The Labute approximate surface area is 170 Å². The molecule has 8 heteroatoms. The lowest BCUT2D eigenvalue weighted by Gasteiger charge is -2.25. The van der Waals surface area contributed by atoms with Crippen molar-refractivity contribution in [3.63, 3.8) is 0 Å². The Morgan fingerprint density at radius 2 is 1.97 bits per heavy atom. The number of carbonyl (C=O) groups excluding carboxylic acids is 3. The molecule has 0 spiro atoms. The van der Waals surface area contributed by atoms with Crippen LogP contribution in [-0.2, 0) is 14.3 Å². The summed E-state index contributed by atoms with van der Waals surface area (Å²) in [5.41, 5.74) is 1.40. The van der Waals surface area contributed by atoms with Crippen LogP contribution in [0, 0.1) is 6.92 Å². The van der Waals surface area contributed by atoms with Crippen molar-refractivity contribution < 1.29 is 23.9 Å². The summed E-state index contributed by atoms with van der Waals surface area (Å²) in [6.45, 7) is 4.27. The zero-order chi connectivity index (χ0) is 20.6. The smallest absolute Gasteiger partial charge is 0.255 e. The topological polar surface area (TPSA) is 97.0 Å². The largest absolute Gasteiger partial charge is 0.491 e. The second kappa shape index (κ2) is 10.2. The summed E-state index contributed by atoms with van der Waals surface area (Å²) in [6, 6.07) is 5.41. The summed E-state index contributed by atoms with van der Waals surface area (Å²) >= 11 is 0. The van der Waals surface area contributed by atoms with Crippen molar-refractivity contribution in [2.75, 3.05) is 39.4 Å². The van der Waals surface area contributed by atoms with Gasteiger partial charge in [-0.1, -0.05) is 11.6 Å². The van der Waals surface area contributed by atoms with Gasteiger partial charge in [0.05, 0.1) is 12.1 Å². The molecular weight excluding hydrogens is 374 g/mol. The van der Waals surface area contributed by atoms with Crippen LogP contribution >= 0.6 is 0 Å². The van der Waals surface area contributed by atoms with Crippen LogP contribution in [0.2, 0.25) is 0 Å². The van der Waals surface area contributed by atoms with Gasteiger partial charge in [-0.25, -0.2) is 0 Å². The number of ether oxygens (including phenoxy) is 2. The van der Waals surface area contributed by atoms with Crippen molar-refractivity contribution in [2.45, 2.75) is 38.7 Å². The number of amides is 3. The summed E-state index contributed by atoms with van der Waals surface area (Å²) in [4.78, 5) is 39.2. The van der Waals surface area contributed by atoms with Crippen molar-refractivity contribution in [2.24, 2.45) is 0 Å². The monoisotopic (exact) mass is 403 g/mol. The van der Waals surface area contributed by atoms with E-state index in [0.29, 0.717) is 63.4 Å². The third-order valence-electron chi connectivity index (χ3n) is 5.08. The van der Waals surface area contributed by atoms with Gasteiger partial charge >= 0.3 is 0 Å². The van der Waals surface area contributed by atoms with E-state index in [1.165, 1.54) is 0 Å². The van der Waals surface area contributed by atoms with E-state index in [1.54, 1.807) is 17.0 Å². The van der Waals surface area contributed by atoms with Gasteiger partial charge in [0, 0.05) is 32.7 Å². The Morgan fingerprint density at radius 3 is 2.76 bits per heavy atom. The molecule has 1 saturated heterocycles. The van der Waals surface area contributed by atoms with E-state index in [-0.39, 0.29) is 24.3 Å². The first-order chi connectivity index (χ1) is 14.0. The molecule has 0 bridgehead atoms. The standard InChI is InChI=1S/C21H29N3O5/c1-15-6-7-17-16(14-15)20(26)23-8-11-24(21(27)18-4-3-12-28-18)10-2-5-19(25)22-9-13-29-17/h6-7,14,18H,2-5,8-13H2,1H3,(H,22,25)(H,23,26)/t18-/m1/s1. The van der Waals surface area contributed by atoms with Crippen molar-refractivity contribution in [3.05, 3.63) is 29.3 Å². The second-order valence-corrected chi connectivity index (χ2v) is 7.38. The van der Waals surface area contributed by atoms with Crippen LogP contribution in [0.1, 0.15) is 41.6 Å². The highest BCUT2D eigenvalue weighted by Crippen LogP contribution is 2.20. The van der Waals surface area contributed by atoms with Crippen LogP contribution in [0.3, 0.4) is 0 Å². The number of nitrogens with zero attached hydrogens (tertiary/aromatic N) is 1. The number of hydrogen-bond acceptors (Lipinski definition) is 5. The van der Waals surface area contributed by atoms with Crippen molar-refractivity contribution in [1.29, 1.82) is 0 Å². The lowest BCUT2D eigenvalue weighted by Crippen LogP contribution is -2.44. The number of aryl methyl sites for hydroxylation is 1. The Kier molecular flexibility index (Phi) is 7.46. The van der Waals surface area contributed by atoms with E-state index in [1.807, 2.05) is 13.0 Å². The third kappa shape index (κ3) is 5.93. The lowest BCUT2D eigenvalue weighted by atomic mass is 10.1. The first-order valence-electron chi connectivity index (χ1n) is 10.2. The molecule has 2 N–H and O–H groups in total. The van der Waals surface area contributed by atoms with Gasteiger partial charge in [-0.05, 0) is 38.3 Å². The maximum Gasteiger partial charge on any atom is 0.255 e. The van der Waals surface area contributed by atoms with Gasteiger partial charge in [0.15, 0.2) is 0 Å². The van der Waals surface area contributed by atoms with E-state index in [9.17, 15) is 14.4 Å². The van der Waals surface area contributed by atoms with Gasteiger partial charge in [0.2, 0.25) is 5.91 Å². The molecule has 0 saturated carbocycles. The molecule has 1 aromatic rings. The maximum absolute atomic E-state index is 12.8. The molecule has 1 aromatic carbocycles. The summed E-state index contributed by atoms with van der Waals surface area (Å²) < 4.78 is 11.2. The van der Waals surface area contributed by atoms with Gasteiger partial charge in [-0.2, -0.15) is 0 Å². The normalized spacial score (nSPS) is 21.8. The predicted octanol–water partition coefficient (Wildman–Crippen LogP) is 1.02. The molecule has 1 fully saturated rings. The zero-order valence-corrected chi connectivity index (χ0v) is 16.9. The number of rotatable bonds is 1. The zero-order valence-electron chi connectivity index (χ0n) is 16.9. The molecule has 0 aliphatic carbocycles. The molecule has 0 unspecified atom stereocenters. The number of hydrogen-bond donors (Lipinski definition) is 2. The van der Waals surface area contributed by atoms with Crippen LogP contribution < -0.4 is 15.4 Å². The van der Waals surface area contributed by atoms with E-state index in [0.717, 1.165) is 12.0 Å². The minimum atomic E-state index is -0.418. The molecule has 8 nitrogen and oxygen atoms in total. The van der Waals surface area contributed by atoms with Crippen LogP contribution in [0.5, 0.6) is 5.75 Å². The molecule has 29 heavy (non-hydrogen) atoms. The van der Waals surface area contributed by atoms with Crippen LogP contribution in [0.15, 0.2) is 18.2 Å². The van der Waals surface area contributed by atoms with Gasteiger partial charge in [-0.15, -0.1) is 0 Å². The SMILES string of the molecule is Cc1ccc2c(c1)C(=O)NCCN(C(=O)[C@H]1CCCO1)CCCC(=O)NCCO2. The predicted molar refractivity (Wildman–Crippen MR) is 107 cm³/mol. The minimum Gasteiger partial charge on any atom is -0.491 e. The van der Waals surface area contributed by atoms with Crippen molar-refractivity contribution in [1.82, 2.24) is 15.5 Å². The number of benzene rings is 1. The van der Waals surface area contributed by atoms with Gasteiger partial charge in [-0.3, -0.25) is 14.4 Å². The van der Waals surface area contributed by atoms with E-state index < -0.39 is 6.10 Å². The summed E-state index contributed by atoms with van der Waals surface area (Å²) in [7, 11) is 0. The highest BCUT2D eigenvalue weighted by atomic mass is 16.5. The van der Waals surface area contributed by atoms with Gasteiger partial charge in [0.25, 0.3) is 11.8 Å². The molecule has 2 aliphatic heterocycles. The molecule has 158 valence electrons. The Bertz CT molecular complexity index is 746. The summed E-state index contributed by atoms with van der Waals surface area (Å²) in [5.74, 6) is 0.0870. The summed E-state index contributed by atoms with van der Waals surface area (Å²) in [5, 5.41) is 5.70. The van der Waals surface area contributed by atoms with E-state index >= 15 is 0 Å². The number of carbonyl (C=O) groups is 3. The summed E-state index contributed by atoms with van der Waals surface area (Å²) in [6.07, 6.45) is 2.06. The first kappa shape index (κ1) is 21.1.